The highest BCUT2D eigenvalue weighted by Crippen LogP contribution is 2.35. The summed E-state index contributed by atoms with van der Waals surface area (Å²) in [5, 5.41) is 9.52. The molecule has 0 aliphatic carbocycles. The van der Waals surface area contributed by atoms with E-state index in [4.69, 9.17) is 14.2 Å². The van der Waals surface area contributed by atoms with Crippen molar-refractivity contribution >= 4 is 5.91 Å². The van der Waals surface area contributed by atoms with E-state index in [1.54, 1.807) is 11.0 Å². The van der Waals surface area contributed by atoms with Gasteiger partial charge >= 0.3 is 0 Å². The van der Waals surface area contributed by atoms with Crippen LogP contribution in [0.5, 0.6) is 17.2 Å². The van der Waals surface area contributed by atoms with Crippen molar-refractivity contribution in [1.29, 1.82) is 0 Å². The SMILES string of the molecule is O=C1C(O)CCCN1CCCOc1ccc2c(c1)OCO2. The number of hydrogen-bond donors (Lipinski definition) is 1. The number of likely N-dealkylation sites (tertiary alicyclic amines) is 1. The average molecular weight is 293 g/mol. The molecule has 6 nitrogen and oxygen atoms in total. The number of nitrogens with zero attached hydrogens (tertiary/aromatic N) is 1. The number of benzene rings is 1. The monoisotopic (exact) mass is 293 g/mol. The fourth-order valence-corrected chi connectivity index (χ4v) is 2.55. The van der Waals surface area contributed by atoms with E-state index in [-0.39, 0.29) is 12.7 Å². The van der Waals surface area contributed by atoms with Crippen molar-refractivity contribution in [3.63, 3.8) is 0 Å². The van der Waals surface area contributed by atoms with Crippen LogP contribution in [0.1, 0.15) is 19.3 Å². The van der Waals surface area contributed by atoms with Crippen LogP contribution in [0.3, 0.4) is 0 Å². The van der Waals surface area contributed by atoms with Crippen LogP contribution in [0.25, 0.3) is 0 Å². The van der Waals surface area contributed by atoms with Crippen molar-refractivity contribution in [2.75, 3.05) is 26.5 Å². The van der Waals surface area contributed by atoms with Gasteiger partial charge in [-0.05, 0) is 31.4 Å². The van der Waals surface area contributed by atoms with Gasteiger partial charge in [-0.15, -0.1) is 0 Å². The number of fused-ring (bicyclic) bond motifs is 1. The van der Waals surface area contributed by atoms with Gasteiger partial charge < -0.3 is 24.2 Å². The van der Waals surface area contributed by atoms with E-state index >= 15 is 0 Å². The van der Waals surface area contributed by atoms with Crippen LogP contribution in [-0.2, 0) is 4.79 Å². The first kappa shape index (κ1) is 14.0. The first-order valence-electron chi connectivity index (χ1n) is 7.23. The van der Waals surface area contributed by atoms with Gasteiger partial charge in [0.15, 0.2) is 11.5 Å². The smallest absolute Gasteiger partial charge is 0.251 e. The van der Waals surface area contributed by atoms with E-state index in [2.05, 4.69) is 0 Å². The molecule has 0 spiro atoms. The van der Waals surface area contributed by atoms with Crippen molar-refractivity contribution in [3.8, 4) is 17.2 Å². The Bertz CT molecular complexity index is 519. The van der Waals surface area contributed by atoms with Crippen LogP contribution in [0.2, 0.25) is 0 Å². The van der Waals surface area contributed by atoms with E-state index in [0.717, 1.165) is 30.9 Å². The molecular weight excluding hydrogens is 274 g/mol. The second-order valence-corrected chi connectivity index (χ2v) is 5.20. The molecule has 1 aromatic rings. The number of carbonyl (C=O) groups is 1. The Kier molecular flexibility index (Phi) is 4.15. The molecule has 6 heteroatoms. The van der Waals surface area contributed by atoms with Crippen LogP contribution in [-0.4, -0.2) is 48.5 Å². The van der Waals surface area contributed by atoms with Gasteiger partial charge in [-0.2, -0.15) is 0 Å². The maximum absolute atomic E-state index is 11.7. The van der Waals surface area contributed by atoms with E-state index in [1.807, 2.05) is 12.1 Å². The van der Waals surface area contributed by atoms with Gasteiger partial charge in [0.1, 0.15) is 11.9 Å². The van der Waals surface area contributed by atoms with Crippen molar-refractivity contribution in [2.24, 2.45) is 0 Å². The Labute approximate surface area is 123 Å². The van der Waals surface area contributed by atoms with Crippen LogP contribution >= 0.6 is 0 Å². The van der Waals surface area contributed by atoms with Crippen LogP contribution in [0, 0.1) is 0 Å². The fourth-order valence-electron chi connectivity index (χ4n) is 2.55. The van der Waals surface area contributed by atoms with Crippen molar-refractivity contribution in [1.82, 2.24) is 4.90 Å². The third kappa shape index (κ3) is 3.21. The summed E-state index contributed by atoms with van der Waals surface area (Å²) in [4.78, 5) is 13.4. The lowest BCUT2D eigenvalue weighted by atomic mass is 10.1. The molecule has 1 N–H and O–H groups in total. The molecule has 0 aromatic heterocycles. The summed E-state index contributed by atoms with van der Waals surface area (Å²) < 4.78 is 16.2. The lowest BCUT2D eigenvalue weighted by Crippen LogP contribution is -2.44. The van der Waals surface area contributed by atoms with Gasteiger partial charge in [0.05, 0.1) is 6.61 Å². The Morgan fingerprint density at radius 1 is 1.33 bits per heavy atom. The number of aliphatic hydroxyl groups excluding tert-OH is 1. The summed E-state index contributed by atoms with van der Waals surface area (Å²) in [5.74, 6) is 1.99. The molecule has 114 valence electrons. The molecule has 2 aliphatic heterocycles. The lowest BCUT2D eigenvalue weighted by Gasteiger charge is -2.29. The average Bonchev–Trinajstić information content (AvgIpc) is 2.95. The molecule has 1 fully saturated rings. The number of aliphatic hydroxyl groups is 1. The molecule has 0 saturated carbocycles. The molecule has 21 heavy (non-hydrogen) atoms. The second kappa shape index (κ2) is 6.22. The number of hydrogen-bond acceptors (Lipinski definition) is 5. The molecule has 0 radical (unpaired) electrons. The summed E-state index contributed by atoms with van der Waals surface area (Å²) in [5.41, 5.74) is 0. The first-order valence-corrected chi connectivity index (χ1v) is 7.23. The number of carbonyl (C=O) groups excluding carboxylic acids is 1. The van der Waals surface area contributed by atoms with Gasteiger partial charge in [0, 0.05) is 19.2 Å². The number of ether oxygens (including phenoxy) is 3. The fraction of sp³-hybridized carbons (Fsp3) is 0.533. The molecule has 1 aromatic carbocycles. The van der Waals surface area contributed by atoms with Crippen LogP contribution in [0.4, 0.5) is 0 Å². The Hall–Kier alpha value is -1.95. The van der Waals surface area contributed by atoms with Gasteiger partial charge in [-0.1, -0.05) is 0 Å². The Balaban J connectivity index is 1.43. The summed E-state index contributed by atoms with van der Waals surface area (Å²) in [6, 6.07) is 5.46. The topological polar surface area (TPSA) is 68.2 Å². The summed E-state index contributed by atoms with van der Waals surface area (Å²) in [6.45, 7) is 2.10. The Morgan fingerprint density at radius 2 is 2.19 bits per heavy atom. The molecule has 3 rings (SSSR count). The minimum absolute atomic E-state index is 0.163. The van der Waals surface area contributed by atoms with E-state index < -0.39 is 6.10 Å². The van der Waals surface area contributed by atoms with E-state index in [1.165, 1.54) is 0 Å². The zero-order valence-corrected chi connectivity index (χ0v) is 11.8. The zero-order chi connectivity index (χ0) is 14.7. The van der Waals surface area contributed by atoms with Gasteiger partial charge in [0.25, 0.3) is 5.91 Å². The number of piperidine rings is 1. The summed E-state index contributed by atoms with van der Waals surface area (Å²) in [7, 11) is 0. The highest BCUT2D eigenvalue weighted by molar-refractivity contribution is 5.81. The third-order valence-electron chi connectivity index (χ3n) is 3.69. The second-order valence-electron chi connectivity index (χ2n) is 5.20. The standard InChI is InChI=1S/C15H19NO5/c17-12-3-1-6-16(15(12)18)7-2-8-19-11-4-5-13-14(9-11)21-10-20-13/h4-5,9,12,17H,1-3,6-8,10H2. The molecule has 1 unspecified atom stereocenters. The minimum Gasteiger partial charge on any atom is -0.493 e. The molecule has 1 atom stereocenters. The highest BCUT2D eigenvalue weighted by atomic mass is 16.7. The largest absolute Gasteiger partial charge is 0.493 e. The van der Waals surface area contributed by atoms with Gasteiger partial charge in [-0.3, -0.25) is 4.79 Å². The Morgan fingerprint density at radius 3 is 3.10 bits per heavy atom. The minimum atomic E-state index is -0.825. The number of rotatable bonds is 5. The molecular formula is C15H19NO5. The quantitative estimate of drug-likeness (QED) is 0.825. The highest BCUT2D eigenvalue weighted by Gasteiger charge is 2.26. The maximum atomic E-state index is 11.7. The summed E-state index contributed by atoms with van der Waals surface area (Å²) >= 11 is 0. The predicted molar refractivity (Wildman–Crippen MR) is 74.5 cm³/mol. The summed E-state index contributed by atoms with van der Waals surface area (Å²) in [6.07, 6.45) is 1.33. The van der Waals surface area contributed by atoms with Crippen molar-refractivity contribution in [2.45, 2.75) is 25.4 Å². The van der Waals surface area contributed by atoms with Gasteiger partial charge in [0.2, 0.25) is 6.79 Å². The number of amides is 1. The van der Waals surface area contributed by atoms with E-state index in [0.29, 0.717) is 25.3 Å². The van der Waals surface area contributed by atoms with E-state index in [9.17, 15) is 9.90 Å². The van der Waals surface area contributed by atoms with Crippen LogP contribution in [0.15, 0.2) is 18.2 Å². The normalized spacial score (nSPS) is 20.7. The predicted octanol–water partition coefficient (Wildman–Crippen LogP) is 1.17. The maximum Gasteiger partial charge on any atom is 0.251 e. The van der Waals surface area contributed by atoms with Crippen LogP contribution < -0.4 is 14.2 Å². The lowest BCUT2D eigenvalue weighted by molar-refractivity contribution is -0.143. The molecule has 1 saturated heterocycles. The van der Waals surface area contributed by atoms with Crippen molar-refractivity contribution < 1.29 is 24.1 Å². The molecule has 2 heterocycles. The zero-order valence-electron chi connectivity index (χ0n) is 11.8. The molecule has 2 aliphatic rings. The first-order chi connectivity index (χ1) is 10.2. The third-order valence-corrected chi connectivity index (χ3v) is 3.69. The van der Waals surface area contributed by atoms with Gasteiger partial charge in [-0.25, -0.2) is 0 Å². The molecule has 1 amide bonds. The molecule has 0 bridgehead atoms. The van der Waals surface area contributed by atoms with Crippen molar-refractivity contribution in [3.05, 3.63) is 18.2 Å².